The lowest BCUT2D eigenvalue weighted by atomic mass is 10.9. The minimum atomic E-state index is -1.61. The maximum absolute atomic E-state index is 6.00. The molecule has 0 aliphatic carbocycles. The second-order valence-corrected chi connectivity index (χ2v) is 12.2. The lowest BCUT2D eigenvalue weighted by molar-refractivity contribution is 1.23. The standard InChI is InChI=1S/C4H10Cl2Si2/c5-8(6)3-1-7-2-4-8/h1-4,7H2. The van der Waals surface area contributed by atoms with Gasteiger partial charge in [0.2, 0.25) is 0 Å². The van der Waals surface area contributed by atoms with Gasteiger partial charge in [0.25, 0.3) is 6.69 Å². The van der Waals surface area contributed by atoms with Gasteiger partial charge in [-0.15, -0.1) is 22.2 Å². The van der Waals surface area contributed by atoms with E-state index in [-0.39, 0.29) is 0 Å². The van der Waals surface area contributed by atoms with E-state index in [0.717, 1.165) is 0 Å². The summed E-state index contributed by atoms with van der Waals surface area (Å²) in [5, 5.41) is 0. The lowest BCUT2D eigenvalue weighted by Crippen LogP contribution is -2.23. The highest BCUT2D eigenvalue weighted by atomic mass is 35.7. The van der Waals surface area contributed by atoms with Gasteiger partial charge < -0.3 is 0 Å². The van der Waals surface area contributed by atoms with Crippen molar-refractivity contribution in [1.29, 1.82) is 0 Å². The highest BCUT2D eigenvalue weighted by Crippen LogP contribution is 2.32. The largest absolute Gasteiger partial charge is 0.250 e. The Morgan fingerprint density at radius 2 is 1.62 bits per heavy atom. The molecule has 0 radical (unpaired) electrons. The molecule has 1 rings (SSSR count). The molecular formula is C4H10Cl2Si2. The van der Waals surface area contributed by atoms with Crippen LogP contribution in [0.5, 0.6) is 0 Å². The Labute approximate surface area is 62.8 Å². The number of halogens is 2. The Morgan fingerprint density at radius 1 is 1.12 bits per heavy atom. The van der Waals surface area contributed by atoms with E-state index in [1.807, 2.05) is 0 Å². The summed E-state index contributed by atoms with van der Waals surface area (Å²) < 4.78 is 0. The first-order chi connectivity index (χ1) is 3.71. The molecule has 1 aliphatic rings. The molecule has 0 N–H and O–H groups in total. The minimum absolute atomic E-state index is 0.306. The Morgan fingerprint density at radius 3 is 1.88 bits per heavy atom. The van der Waals surface area contributed by atoms with Crippen molar-refractivity contribution in [3.63, 3.8) is 0 Å². The van der Waals surface area contributed by atoms with Gasteiger partial charge in [0, 0.05) is 9.52 Å². The average molecular weight is 185 g/mol. The van der Waals surface area contributed by atoms with E-state index in [2.05, 4.69) is 0 Å². The normalized spacial score (nSPS) is 27.8. The van der Waals surface area contributed by atoms with Crippen LogP contribution in [-0.4, -0.2) is 16.2 Å². The fourth-order valence-electron chi connectivity index (χ4n) is 1.07. The van der Waals surface area contributed by atoms with Gasteiger partial charge in [0.05, 0.1) is 0 Å². The molecule has 1 aliphatic heterocycles. The van der Waals surface area contributed by atoms with Gasteiger partial charge in [-0.1, -0.05) is 12.1 Å². The monoisotopic (exact) mass is 184 g/mol. The summed E-state index contributed by atoms with van der Waals surface area (Å²) in [6.45, 7) is -1.61. The number of hydrogen-bond acceptors (Lipinski definition) is 0. The molecule has 48 valence electrons. The van der Waals surface area contributed by atoms with E-state index < -0.39 is 6.69 Å². The van der Waals surface area contributed by atoms with E-state index in [4.69, 9.17) is 22.2 Å². The van der Waals surface area contributed by atoms with Crippen molar-refractivity contribution in [2.45, 2.75) is 24.2 Å². The number of rotatable bonds is 0. The van der Waals surface area contributed by atoms with Crippen LogP contribution in [0.1, 0.15) is 0 Å². The highest BCUT2D eigenvalue weighted by Gasteiger charge is 2.29. The Hall–Kier alpha value is 1.01. The van der Waals surface area contributed by atoms with Gasteiger partial charge in [0.15, 0.2) is 0 Å². The fraction of sp³-hybridized carbons (Fsp3) is 1.00. The van der Waals surface area contributed by atoms with Crippen LogP contribution in [0.4, 0.5) is 0 Å². The predicted molar refractivity (Wildman–Crippen MR) is 45.2 cm³/mol. The van der Waals surface area contributed by atoms with Gasteiger partial charge in [0.1, 0.15) is 0 Å². The molecule has 0 nitrogen and oxygen atoms in total. The molecule has 0 unspecified atom stereocenters. The van der Waals surface area contributed by atoms with Crippen LogP contribution in [0.3, 0.4) is 0 Å². The minimum Gasteiger partial charge on any atom is -0.146 e. The van der Waals surface area contributed by atoms with Crippen LogP contribution >= 0.6 is 22.2 Å². The third kappa shape index (κ3) is 2.09. The zero-order chi connectivity index (χ0) is 6.04. The van der Waals surface area contributed by atoms with E-state index >= 15 is 0 Å². The lowest BCUT2D eigenvalue weighted by Gasteiger charge is -2.20. The van der Waals surface area contributed by atoms with Crippen molar-refractivity contribution in [2.24, 2.45) is 0 Å². The summed E-state index contributed by atoms with van der Waals surface area (Å²) in [6, 6.07) is 5.17. The average Bonchev–Trinajstić information content (AvgIpc) is 1.65. The second kappa shape index (κ2) is 2.73. The third-order valence-electron chi connectivity index (χ3n) is 1.59. The van der Waals surface area contributed by atoms with E-state index in [1.165, 1.54) is 24.2 Å². The van der Waals surface area contributed by atoms with Crippen LogP contribution in [0.25, 0.3) is 0 Å². The summed E-state index contributed by atoms with van der Waals surface area (Å²) in [6.07, 6.45) is 0. The predicted octanol–water partition coefficient (Wildman–Crippen LogP) is 1.93. The third-order valence-corrected chi connectivity index (χ3v) is 9.14. The van der Waals surface area contributed by atoms with E-state index in [9.17, 15) is 0 Å². The van der Waals surface area contributed by atoms with E-state index in [0.29, 0.717) is 9.52 Å². The maximum atomic E-state index is 6.00. The molecule has 1 saturated heterocycles. The summed E-state index contributed by atoms with van der Waals surface area (Å²) in [5.74, 6) is 0. The number of hydrogen-bond donors (Lipinski definition) is 0. The molecular weight excluding hydrogens is 175 g/mol. The summed E-state index contributed by atoms with van der Waals surface area (Å²) in [4.78, 5) is 0. The molecule has 0 saturated carbocycles. The molecule has 0 atom stereocenters. The Bertz CT molecular complexity index is 76.1. The first kappa shape index (κ1) is 7.12. The first-order valence-corrected chi connectivity index (χ1v) is 9.52. The van der Waals surface area contributed by atoms with Crippen LogP contribution in [0.15, 0.2) is 0 Å². The molecule has 0 aromatic heterocycles. The van der Waals surface area contributed by atoms with Crippen molar-refractivity contribution in [3.05, 3.63) is 0 Å². The molecule has 0 amide bonds. The molecule has 0 aromatic rings. The summed E-state index contributed by atoms with van der Waals surface area (Å²) in [7, 11) is 0.306. The van der Waals surface area contributed by atoms with Crippen LogP contribution in [0, 0.1) is 0 Å². The smallest absolute Gasteiger partial charge is 0.146 e. The Kier molecular flexibility index (Phi) is 2.43. The van der Waals surface area contributed by atoms with Gasteiger partial charge in [-0.25, -0.2) is 0 Å². The highest BCUT2D eigenvalue weighted by molar-refractivity contribution is 7.45. The maximum Gasteiger partial charge on any atom is 0.250 e. The molecule has 0 bridgehead atoms. The quantitative estimate of drug-likeness (QED) is 0.399. The van der Waals surface area contributed by atoms with Gasteiger partial charge in [-0.2, -0.15) is 0 Å². The molecule has 1 fully saturated rings. The van der Waals surface area contributed by atoms with Crippen molar-refractivity contribution >= 4 is 38.4 Å². The van der Waals surface area contributed by atoms with Gasteiger partial charge >= 0.3 is 0 Å². The van der Waals surface area contributed by atoms with Crippen molar-refractivity contribution < 1.29 is 0 Å². The zero-order valence-corrected chi connectivity index (χ0v) is 8.72. The van der Waals surface area contributed by atoms with Crippen LogP contribution < -0.4 is 0 Å². The molecule has 0 aromatic carbocycles. The SMILES string of the molecule is Cl[Si]1(Cl)CC[SiH2]CC1. The van der Waals surface area contributed by atoms with Gasteiger partial charge in [-0.3, -0.25) is 0 Å². The molecule has 1 heterocycles. The fourth-order valence-corrected chi connectivity index (χ4v) is 12.6. The van der Waals surface area contributed by atoms with Crippen molar-refractivity contribution in [1.82, 2.24) is 0 Å². The zero-order valence-electron chi connectivity index (χ0n) is 4.79. The second-order valence-electron chi connectivity index (χ2n) is 2.42. The van der Waals surface area contributed by atoms with E-state index in [1.54, 1.807) is 0 Å². The molecule has 4 heteroatoms. The summed E-state index contributed by atoms with van der Waals surface area (Å²) in [5.41, 5.74) is 0. The Balaban J connectivity index is 2.33. The topological polar surface area (TPSA) is 0 Å². The first-order valence-electron chi connectivity index (χ1n) is 3.09. The van der Waals surface area contributed by atoms with Crippen LogP contribution in [0.2, 0.25) is 24.2 Å². The van der Waals surface area contributed by atoms with Gasteiger partial charge in [-0.05, 0) is 12.1 Å². The molecule has 8 heavy (non-hydrogen) atoms. The molecule has 0 spiro atoms. The van der Waals surface area contributed by atoms with Crippen molar-refractivity contribution in [2.75, 3.05) is 0 Å². The van der Waals surface area contributed by atoms with Crippen LogP contribution in [-0.2, 0) is 0 Å². The van der Waals surface area contributed by atoms with Crippen molar-refractivity contribution in [3.8, 4) is 0 Å². The summed E-state index contributed by atoms with van der Waals surface area (Å²) >= 11 is 12.0.